The number of nitrogens with one attached hydrogen (secondary N) is 4. The molecule has 4 amide bonds. The van der Waals surface area contributed by atoms with Gasteiger partial charge in [-0.05, 0) is 112 Å². The number of esters is 1. The van der Waals surface area contributed by atoms with Crippen molar-refractivity contribution in [2.75, 3.05) is 6.54 Å². The summed E-state index contributed by atoms with van der Waals surface area (Å²) in [5.41, 5.74) is 2.92. The Kier molecular flexibility index (Phi) is 23.5. The van der Waals surface area contributed by atoms with Gasteiger partial charge >= 0.3 is 5.97 Å². The number of ether oxygens (including phenoxy) is 2. The SMILES string of the molecule is CC[C@H]1C[C@H](C)[C@@]2(NC1=O)O[C@@H](C[C@H](O)[C@@H](C)CC/C=C/C=C(\C)[C@@H]1C/C=C/C=C/[C@H](O)[C@H](C)[C@@H](O)[C@@H](CCC(C)=O)C(=O)N[C@@H](C(C)C)C(=O)N/C(=C/c3cc(O)c(F)c(F)c3)C(=O)N3CCCC(N3)C(=O)O1)[C@H](C)C=C2C. The third-order valence-corrected chi connectivity index (χ3v) is 16.0. The van der Waals surface area contributed by atoms with Crippen LogP contribution in [0.15, 0.2) is 77.6 Å². The second-order valence-corrected chi connectivity index (χ2v) is 22.6. The molecule has 1 aromatic carbocycles. The highest BCUT2D eigenvalue weighted by molar-refractivity contribution is 6.03. The number of halogens is 2. The number of hydrogen-bond donors (Lipinski definition) is 8. The summed E-state index contributed by atoms with van der Waals surface area (Å²) in [5, 5.41) is 53.8. The minimum atomic E-state index is -1.53. The summed E-state index contributed by atoms with van der Waals surface area (Å²) in [5.74, 6) is -10.6. The van der Waals surface area contributed by atoms with E-state index in [9.17, 15) is 58.0 Å². The van der Waals surface area contributed by atoms with E-state index in [1.807, 2.05) is 39.0 Å². The fraction of sp³-hybridized carbons (Fsp3) is 0.600. The zero-order chi connectivity index (χ0) is 58.5. The molecule has 0 aliphatic carbocycles. The molecule has 1 aromatic rings. The maximum absolute atomic E-state index is 14.6. The predicted octanol–water partition coefficient (Wildman–Crippen LogP) is 7.06. The molecular formula is C60H85F2N5O12. The number of aromatic hydroxyl groups is 1. The monoisotopic (exact) mass is 1110 g/mol. The number of aliphatic hydroxyl groups is 3. The fourth-order valence-electron chi connectivity index (χ4n) is 10.7. The highest BCUT2D eigenvalue weighted by Crippen LogP contribution is 2.43. The number of phenolic OH excluding ortho intramolecular Hbond substituents is 1. The van der Waals surface area contributed by atoms with Gasteiger partial charge < -0.3 is 50.6 Å². The van der Waals surface area contributed by atoms with Crippen molar-refractivity contribution in [1.29, 1.82) is 0 Å². The van der Waals surface area contributed by atoms with Gasteiger partial charge in [-0.2, -0.15) is 4.39 Å². The van der Waals surface area contributed by atoms with E-state index in [0.29, 0.717) is 37.3 Å². The Morgan fingerprint density at radius 1 is 1.01 bits per heavy atom. The van der Waals surface area contributed by atoms with Crippen LogP contribution in [0.4, 0.5) is 8.78 Å². The first-order valence-corrected chi connectivity index (χ1v) is 28.0. The Bertz CT molecular complexity index is 2520. The van der Waals surface area contributed by atoms with Crippen molar-refractivity contribution < 1.29 is 67.4 Å². The van der Waals surface area contributed by atoms with Gasteiger partial charge in [0.1, 0.15) is 29.7 Å². The molecule has 14 atom stereocenters. The standard InChI is InChI=1S/C60H85F2N5O12/c1-11-42-28-38(8)60(65-55(42)73)37(7)27-36(6)51(79-60)32-48(70)34(4)19-14-12-15-20-35(5)50-23-17-13-16-22-47(69)40(10)54(72)43(25-24-39(9)68)56(74)64-53(33(2)3)57(75)63-46(30-41-29-44(61)52(62)49(71)31-41)58(76)67-26-18-21-45(66-67)59(77)78-50/h12-13,15-17,20,22,27,29-31,33-34,36,38,40,42-43,45,47-48,50-51,53-54,66,69-72H,11,14,18-19,21,23-26,28,32H2,1-10H3,(H,63,75)(H,64,74)(H,65,73)/b15-12+,17-13+,22-16+,35-20+,46-30+/t34-,36+,38-,40-,42-,43+,45?,47-,48-,50-,51-,53-,54+,60-/m0/s1. The summed E-state index contributed by atoms with van der Waals surface area (Å²) in [6, 6.07) is -0.882. The van der Waals surface area contributed by atoms with Crippen LogP contribution in [0.25, 0.3) is 6.08 Å². The van der Waals surface area contributed by atoms with E-state index in [1.165, 1.54) is 19.9 Å². The van der Waals surface area contributed by atoms with Crippen LogP contribution in [0.2, 0.25) is 0 Å². The molecule has 0 aromatic heterocycles. The number of hydrazine groups is 1. The second-order valence-electron chi connectivity index (χ2n) is 22.6. The Morgan fingerprint density at radius 3 is 2.41 bits per heavy atom. The molecule has 2 saturated heterocycles. The Labute approximate surface area is 464 Å². The molecule has 2 fully saturated rings. The summed E-state index contributed by atoms with van der Waals surface area (Å²) < 4.78 is 41.7. The lowest BCUT2D eigenvalue weighted by Gasteiger charge is -2.51. The number of Topliss-reactive ketones (excluding diaryl/α,β-unsaturated/α-hetero) is 1. The van der Waals surface area contributed by atoms with Gasteiger partial charge in [0, 0.05) is 49.5 Å². The molecule has 4 aliphatic heterocycles. The van der Waals surface area contributed by atoms with Crippen LogP contribution in [-0.4, -0.2) is 116 Å². The van der Waals surface area contributed by atoms with Crippen molar-refractivity contribution in [2.24, 2.45) is 41.4 Å². The average Bonchev–Trinajstić information content (AvgIpc) is 3.48. The molecule has 2 bridgehead atoms. The van der Waals surface area contributed by atoms with Crippen LogP contribution in [0.5, 0.6) is 5.75 Å². The maximum Gasteiger partial charge on any atom is 0.325 e. The Hall–Kier alpha value is -5.86. The second kappa shape index (κ2) is 29.0. The van der Waals surface area contributed by atoms with Gasteiger partial charge in [0.05, 0.1) is 30.3 Å². The number of phenols is 1. The summed E-state index contributed by atoms with van der Waals surface area (Å²) in [6.07, 6.45) is 14.2. The zero-order valence-corrected chi connectivity index (χ0v) is 47.5. The number of allylic oxidation sites excluding steroid dienone is 5. The summed E-state index contributed by atoms with van der Waals surface area (Å²) in [4.78, 5) is 81.9. The number of benzene rings is 1. The number of carbonyl (C=O) groups is 6. The predicted molar refractivity (Wildman–Crippen MR) is 294 cm³/mol. The number of ketones is 1. The van der Waals surface area contributed by atoms with E-state index < -0.39 is 107 Å². The van der Waals surface area contributed by atoms with Gasteiger partial charge in [-0.15, -0.1) is 0 Å². The van der Waals surface area contributed by atoms with Crippen LogP contribution in [0.3, 0.4) is 0 Å². The highest BCUT2D eigenvalue weighted by atomic mass is 19.2. The average molecular weight is 1110 g/mol. The minimum absolute atomic E-state index is 0.00911. The molecule has 1 spiro atoms. The number of nitrogens with zero attached hydrogens (tertiary/aromatic N) is 1. The third-order valence-electron chi connectivity index (χ3n) is 16.0. The Balaban J connectivity index is 1.38. The highest BCUT2D eigenvalue weighted by Gasteiger charge is 2.51. The lowest BCUT2D eigenvalue weighted by Crippen LogP contribution is -2.64. The minimum Gasteiger partial charge on any atom is -0.505 e. The van der Waals surface area contributed by atoms with Gasteiger partial charge in [-0.25, -0.2) is 9.82 Å². The maximum atomic E-state index is 14.6. The first-order valence-electron chi connectivity index (χ1n) is 28.0. The number of cyclic esters (lactones) is 1. The molecule has 17 nitrogen and oxygen atoms in total. The van der Waals surface area contributed by atoms with Crippen LogP contribution in [-0.2, 0) is 38.2 Å². The zero-order valence-electron chi connectivity index (χ0n) is 47.5. The summed E-state index contributed by atoms with van der Waals surface area (Å²) in [6.45, 7) is 18.1. The summed E-state index contributed by atoms with van der Waals surface area (Å²) >= 11 is 0. The smallest absolute Gasteiger partial charge is 0.325 e. The van der Waals surface area contributed by atoms with Crippen molar-refractivity contribution in [3.8, 4) is 5.75 Å². The number of fused-ring (bicyclic) bond motifs is 2. The number of carbonyl (C=O) groups excluding carboxylic acids is 6. The third kappa shape index (κ3) is 16.8. The normalized spacial score (nSPS) is 32.3. The molecule has 8 N–H and O–H groups in total. The van der Waals surface area contributed by atoms with E-state index in [4.69, 9.17) is 9.47 Å². The molecule has 0 radical (unpaired) electrons. The van der Waals surface area contributed by atoms with Gasteiger partial charge in [-0.3, -0.25) is 29.0 Å². The van der Waals surface area contributed by atoms with Crippen molar-refractivity contribution >= 4 is 41.5 Å². The van der Waals surface area contributed by atoms with Crippen LogP contribution in [0, 0.1) is 53.1 Å². The molecule has 1 unspecified atom stereocenters. The van der Waals surface area contributed by atoms with Gasteiger partial charge in [0.15, 0.2) is 23.1 Å². The Morgan fingerprint density at radius 2 is 1.73 bits per heavy atom. The van der Waals surface area contributed by atoms with E-state index in [1.54, 1.807) is 39.0 Å². The van der Waals surface area contributed by atoms with Gasteiger partial charge in [-0.1, -0.05) is 97.1 Å². The molecule has 436 valence electrons. The topological polar surface area (TPSA) is 253 Å². The van der Waals surface area contributed by atoms with E-state index in [2.05, 4.69) is 41.3 Å². The van der Waals surface area contributed by atoms with Gasteiger partial charge in [0.2, 0.25) is 17.7 Å². The van der Waals surface area contributed by atoms with E-state index >= 15 is 0 Å². The quantitative estimate of drug-likeness (QED) is 0.0403. The van der Waals surface area contributed by atoms with Gasteiger partial charge in [0.25, 0.3) is 5.91 Å². The van der Waals surface area contributed by atoms with Crippen LogP contribution < -0.4 is 21.4 Å². The lowest BCUT2D eigenvalue weighted by molar-refractivity contribution is -0.179. The molecular weight excluding hydrogens is 1020 g/mol. The molecule has 0 saturated carbocycles. The van der Waals surface area contributed by atoms with Crippen molar-refractivity contribution in [2.45, 2.75) is 182 Å². The summed E-state index contributed by atoms with van der Waals surface area (Å²) in [7, 11) is 0. The molecule has 5 rings (SSSR count). The van der Waals surface area contributed by atoms with Crippen molar-refractivity contribution in [3.05, 3.63) is 94.8 Å². The van der Waals surface area contributed by atoms with Crippen LogP contribution >= 0.6 is 0 Å². The van der Waals surface area contributed by atoms with Crippen molar-refractivity contribution in [3.63, 3.8) is 0 Å². The van der Waals surface area contributed by atoms with E-state index in [0.717, 1.165) is 35.6 Å². The molecule has 19 heteroatoms. The largest absolute Gasteiger partial charge is 0.505 e. The lowest BCUT2D eigenvalue weighted by atomic mass is 9.75. The first-order chi connectivity index (χ1) is 37.3. The number of rotatable bonds is 14. The number of amides is 4. The molecule has 79 heavy (non-hydrogen) atoms. The molecule has 4 aliphatic rings. The fourth-order valence-corrected chi connectivity index (χ4v) is 10.7. The molecule has 4 heterocycles. The van der Waals surface area contributed by atoms with Crippen molar-refractivity contribution in [1.82, 2.24) is 26.4 Å². The first kappa shape index (κ1) is 64.0. The van der Waals surface area contributed by atoms with Crippen LogP contribution in [0.1, 0.15) is 139 Å². The number of aliphatic hydroxyl groups excluding tert-OH is 3. The van der Waals surface area contributed by atoms with E-state index in [-0.39, 0.29) is 79.3 Å². The number of piperidine rings is 1. The number of hydrogen-bond acceptors (Lipinski definition) is 13.